The number of fused-ring (bicyclic) bond motifs is 4. The molecule has 3 aromatic rings. The number of benzene rings is 1. The number of halogens is 1. The molecule has 0 amide bonds. The Bertz CT molecular complexity index is 1060. The first-order valence-electron chi connectivity index (χ1n) is 10.4. The lowest BCUT2D eigenvalue weighted by Gasteiger charge is -2.41. The van der Waals surface area contributed by atoms with Crippen molar-refractivity contribution in [2.75, 3.05) is 36.4 Å². The van der Waals surface area contributed by atoms with E-state index < -0.39 is 0 Å². The van der Waals surface area contributed by atoms with E-state index in [2.05, 4.69) is 49.1 Å². The Kier molecular flexibility index (Phi) is 5.04. The Morgan fingerprint density at radius 3 is 2.93 bits per heavy atom. The monoisotopic (exact) mass is 404 g/mol. The second kappa shape index (κ2) is 7.99. The Balaban J connectivity index is 1.52. The molecule has 0 radical (unpaired) electrons. The van der Waals surface area contributed by atoms with Gasteiger partial charge in [-0.15, -0.1) is 0 Å². The average Bonchev–Trinajstić information content (AvgIpc) is 2.75. The number of hydrogen-bond donors (Lipinski definition) is 1. The maximum absolute atomic E-state index is 14.3. The number of nitrogens with one attached hydrogen (secondary N) is 1. The summed E-state index contributed by atoms with van der Waals surface area (Å²) in [6.07, 6.45) is 6.23. The van der Waals surface area contributed by atoms with Crippen LogP contribution in [0.4, 0.5) is 16.0 Å². The highest BCUT2D eigenvalue weighted by Crippen LogP contribution is 2.25. The second-order valence-electron chi connectivity index (χ2n) is 8.11. The molecule has 1 aromatic carbocycles. The van der Waals surface area contributed by atoms with Crippen molar-refractivity contribution in [1.29, 1.82) is 0 Å². The molecule has 154 valence electrons. The molecule has 6 rings (SSSR count). The van der Waals surface area contributed by atoms with Gasteiger partial charge in [0.25, 0.3) is 0 Å². The molecule has 0 spiro atoms. The molecule has 0 saturated carbocycles. The molecule has 8 bridgehead atoms. The molecule has 1 N–H and O–H groups in total. The third kappa shape index (κ3) is 3.98. The van der Waals surface area contributed by atoms with E-state index >= 15 is 0 Å². The maximum atomic E-state index is 14.3. The topological polar surface area (TPSA) is 57.2 Å². The van der Waals surface area contributed by atoms with Gasteiger partial charge in [-0.05, 0) is 54.8 Å². The highest BCUT2D eigenvalue weighted by atomic mass is 19.1. The van der Waals surface area contributed by atoms with E-state index in [0.717, 1.165) is 48.7 Å². The van der Waals surface area contributed by atoms with Crippen LogP contribution in [-0.2, 0) is 13.0 Å². The predicted molar refractivity (Wildman–Crippen MR) is 116 cm³/mol. The zero-order valence-corrected chi connectivity index (χ0v) is 17.1. The number of pyridine rings is 1. The molecule has 1 unspecified atom stereocenters. The van der Waals surface area contributed by atoms with Crippen molar-refractivity contribution in [2.24, 2.45) is 0 Å². The van der Waals surface area contributed by atoms with E-state index in [-0.39, 0.29) is 5.82 Å². The zero-order valence-electron chi connectivity index (χ0n) is 17.1. The number of aromatic nitrogens is 3. The van der Waals surface area contributed by atoms with Crippen LogP contribution in [0.25, 0.3) is 11.3 Å². The van der Waals surface area contributed by atoms with Gasteiger partial charge in [-0.3, -0.25) is 9.88 Å². The van der Waals surface area contributed by atoms with Gasteiger partial charge in [-0.2, -0.15) is 0 Å². The Labute approximate surface area is 175 Å². The minimum Gasteiger partial charge on any atom is -0.369 e. The fraction of sp³-hybridized carbons (Fsp3) is 0.348. The van der Waals surface area contributed by atoms with Crippen molar-refractivity contribution < 1.29 is 4.39 Å². The Morgan fingerprint density at radius 1 is 1.10 bits per heavy atom. The summed E-state index contributed by atoms with van der Waals surface area (Å²) in [7, 11) is 0. The standard InChI is InChI=1S/C23H25FN6/c1-16-14-30-7-6-29(16)15-18-8-19(13-25-12-18)22-3-5-27-23(28-22)26-4-2-17-9-20(24)11-21(30)10-17/h3,5,8-13,16H,2,4,6-7,14-15H2,1H3,(H,26,27,28)/t16-/m0/s1. The van der Waals surface area contributed by atoms with Crippen LogP contribution in [0.3, 0.4) is 0 Å². The molecule has 30 heavy (non-hydrogen) atoms. The molecule has 6 nitrogen and oxygen atoms in total. The summed E-state index contributed by atoms with van der Waals surface area (Å²) in [4.78, 5) is 18.2. The van der Waals surface area contributed by atoms with Crippen LogP contribution in [0.2, 0.25) is 0 Å². The Hall–Kier alpha value is -3.06. The molecule has 2 aromatic heterocycles. The number of hydrogen-bond acceptors (Lipinski definition) is 6. The SMILES string of the molecule is C[C@H]1CN2CCN1Cc1cncc(c1)-c1ccnc(n1)NCCc1cc(F)cc2c1. The summed E-state index contributed by atoms with van der Waals surface area (Å²) in [6, 6.07) is 9.79. The molecular weight excluding hydrogens is 379 g/mol. The van der Waals surface area contributed by atoms with E-state index in [4.69, 9.17) is 0 Å². The van der Waals surface area contributed by atoms with E-state index in [0.29, 0.717) is 25.0 Å². The first-order chi connectivity index (χ1) is 14.6. The molecule has 0 aliphatic carbocycles. The van der Waals surface area contributed by atoms with Crippen molar-refractivity contribution >= 4 is 11.6 Å². The summed E-state index contributed by atoms with van der Waals surface area (Å²) in [6.45, 7) is 6.38. The van der Waals surface area contributed by atoms with Crippen LogP contribution in [0.1, 0.15) is 18.1 Å². The van der Waals surface area contributed by atoms with Crippen molar-refractivity contribution in [2.45, 2.75) is 25.9 Å². The summed E-state index contributed by atoms with van der Waals surface area (Å²) in [5, 5.41) is 3.27. The molecule has 1 saturated heterocycles. The van der Waals surface area contributed by atoms with E-state index in [1.54, 1.807) is 18.3 Å². The van der Waals surface area contributed by atoms with Crippen LogP contribution in [0, 0.1) is 5.82 Å². The van der Waals surface area contributed by atoms with Crippen molar-refractivity contribution in [3.63, 3.8) is 0 Å². The third-order valence-corrected chi connectivity index (χ3v) is 5.90. The van der Waals surface area contributed by atoms with E-state index in [9.17, 15) is 4.39 Å². The van der Waals surface area contributed by atoms with Crippen LogP contribution in [-0.4, -0.2) is 52.1 Å². The first kappa shape index (κ1) is 18.9. The summed E-state index contributed by atoms with van der Waals surface area (Å²) >= 11 is 0. The minimum absolute atomic E-state index is 0.184. The van der Waals surface area contributed by atoms with Crippen molar-refractivity contribution in [3.05, 3.63) is 65.9 Å². The van der Waals surface area contributed by atoms with Gasteiger partial charge in [0.1, 0.15) is 5.82 Å². The van der Waals surface area contributed by atoms with Crippen molar-refractivity contribution in [1.82, 2.24) is 19.9 Å². The van der Waals surface area contributed by atoms with Gasteiger partial charge in [0.05, 0.1) is 5.69 Å². The molecule has 7 heteroatoms. The largest absolute Gasteiger partial charge is 0.369 e. The highest BCUT2D eigenvalue weighted by Gasteiger charge is 2.24. The van der Waals surface area contributed by atoms with Gasteiger partial charge in [0.2, 0.25) is 5.95 Å². The average molecular weight is 404 g/mol. The zero-order chi connectivity index (χ0) is 20.5. The maximum Gasteiger partial charge on any atom is 0.223 e. The van der Waals surface area contributed by atoms with Crippen LogP contribution in [0.5, 0.6) is 0 Å². The first-order valence-corrected chi connectivity index (χ1v) is 10.4. The number of anilines is 2. The fourth-order valence-corrected chi connectivity index (χ4v) is 4.30. The van der Waals surface area contributed by atoms with Crippen LogP contribution >= 0.6 is 0 Å². The smallest absolute Gasteiger partial charge is 0.223 e. The lowest BCUT2D eigenvalue weighted by molar-refractivity contribution is 0.181. The molecular formula is C23H25FN6. The van der Waals surface area contributed by atoms with Gasteiger partial charge < -0.3 is 10.2 Å². The number of rotatable bonds is 0. The van der Waals surface area contributed by atoms with Gasteiger partial charge in [-0.1, -0.05) is 0 Å². The molecule has 5 heterocycles. The van der Waals surface area contributed by atoms with Gasteiger partial charge in [-0.25, -0.2) is 14.4 Å². The van der Waals surface area contributed by atoms with Crippen molar-refractivity contribution in [3.8, 4) is 11.3 Å². The lowest BCUT2D eigenvalue weighted by Crippen LogP contribution is -2.51. The van der Waals surface area contributed by atoms with E-state index in [1.165, 1.54) is 5.56 Å². The quantitative estimate of drug-likeness (QED) is 0.620. The number of piperazine rings is 1. The normalized spacial score (nSPS) is 21.1. The molecule has 3 aliphatic heterocycles. The fourth-order valence-electron chi connectivity index (χ4n) is 4.30. The Morgan fingerprint density at radius 2 is 2.03 bits per heavy atom. The minimum atomic E-state index is -0.184. The van der Waals surface area contributed by atoms with Gasteiger partial charge in [0.15, 0.2) is 0 Å². The summed E-state index contributed by atoms with van der Waals surface area (Å²) in [5.41, 5.74) is 4.93. The summed E-state index contributed by atoms with van der Waals surface area (Å²) < 4.78 is 14.3. The number of nitrogens with zero attached hydrogens (tertiary/aromatic N) is 5. The second-order valence-corrected chi connectivity index (χ2v) is 8.11. The molecule has 2 atom stereocenters. The van der Waals surface area contributed by atoms with Crippen LogP contribution in [0.15, 0.2) is 48.9 Å². The van der Waals surface area contributed by atoms with Gasteiger partial charge in [0, 0.05) is 68.6 Å². The van der Waals surface area contributed by atoms with Crippen LogP contribution < -0.4 is 10.2 Å². The predicted octanol–water partition coefficient (Wildman–Crippen LogP) is 3.36. The third-order valence-electron chi connectivity index (χ3n) is 5.90. The molecule has 3 aliphatic rings. The summed E-state index contributed by atoms with van der Waals surface area (Å²) in [5.74, 6) is 0.385. The molecule has 1 fully saturated rings. The lowest BCUT2D eigenvalue weighted by atomic mass is 10.1. The van der Waals surface area contributed by atoms with E-state index in [1.807, 2.05) is 18.5 Å². The van der Waals surface area contributed by atoms with Gasteiger partial charge >= 0.3 is 0 Å². The highest BCUT2D eigenvalue weighted by molar-refractivity contribution is 5.59.